The highest BCUT2D eigenvalue weighted by Gasteiger charge is 2.21. The van der Waals surface area contributed by atoms with Crippen LogP contribution in [0.3, 0.4) is 0 Å². The van der Waals surface area contributed by atoms with Gasteiger partial charge < -0.3 is 4.74 Å². The van der Waals surface area contributed by atoms with Crippen LogP contribution in [0.15, 0.2) is 54.6 Å². The zero-order valence-electron chi connectivity index (χ0n) is 11.8. The van der Waals surface area contributed by atoms with Crippen LogP contribution in [-0.4, -0.2) is 18.8 Å². The van der Waals surface area contributed by atoms with Crippen LogP contribution < -0.4 is 0 Å². The van der Waals surface area contributed by atoms with Crippen LogP contribution in [0.4, 0.5) is 0 Å². The number of esters is 1. The maximum absolute atomic E-state index is 11.9. The van der Waals surface area contributed by atoms with Crippen molar-refractivity contribution in [1.29, 1.82) is 0 Å². The Bertz CT molecular complexity index is 569. The number of carbonyl (C=O) groups excluding carboxylic acids is 1. The molecule has 0 fully saturated rings. The second-order valence-electron chi connectivity index (χ2n) is 4.63. The molecule has 0 aliphatic heterocycles. The average molecular weight is 321 g/mol. The fourth-order valence-electron chi connectivity index (χ4n) is 2.00. The van der Waals surface area contributed by atoms with Crippen molar-refractivity contribution >= 4 is 29.3 Å². The first-order valence-corrected chi connectivity index (χ1v) is 8.19. The molecule has 0 aromatic heterocycles. The zero-order valence-corrected chi connectivity index (χ0v) is 13.4. The Labute approximate surface area is 134 Å². The maximum atomic E-state index is 11.9. The molecule has 0 amide bonds. The van der Waals surface area contributed by atoms with E-state index >= 15 is 0 Å². The molecule has 110 valence electrons. The molecule has 0 radical (unpaired) electrons. The first kappa shape index (κ1) is 15.9. The molecule has 2 rings (SSSR count). The van der Waals surface area contributed by atoms with Crippen LogP contribution in [-0.2, 0) is 15.3 Å². The summed E-state index contributed by atoms with van der Waals surface area (Å²) in [6, 6.07) is 17.5. The van der Waals surface area contributed by atoms with Crippen molar-refractivity contribution in [3.8, 4) is 0 Å². The quantitative estimate of drug-likeness (QED) is 0.731. The van der Waals surface area contributed by atoms with E-state index in [2.05, 4.69) is 0 Å². The molecule has 0 aliphatic rings. The molecule has 2 nitrogen and oxygen atoms in total. The van der Waals surface area contributed by atoms with Gasteiger partial charge in [0.25, 0.3) is 0 Å². The van der Waals surface area contributed by atoms with Crippen LogP contribution in [0, 0.1) is 0 Å². The van der Waals surface area contributed by atoms with E-state index in [1.54, 1.807) is 11.8 Å². The van der Waals surface area contributed by atoms with Crippen LogP contribution in [0.25, 0.3) is 0 Å². The lowest BCUT2D eigenvalue weighted by Crippen LogP contribution is -2.16. The number of benzene rings is 2. The third-order valence-electron chi connectivity index (χ3n) is 3.15. The molecule has 0 saturated heterocycles. The molecule has 0 bridgehead atoms. The standard InChI is InChI=1S/C17H17ClO2S/c1-20-17(19)16(14-5-3-2-4-6-14)12-21-11-13-7-9-15(18)10-8-13/h2-10,16H,11-12H2,1H3. The highest BCUT2D eigenvalue weighted by Crippen LogP contribution is 2.25. The SMILES string of the molecule is COC(=O)C(CSCc1ccc(Cl)cc1)c1ccccc1. The second-order valence-corrected chi connectivity index (χ2v) is 6.09. The Hall–Kier alpha value is -1.45. The van der Waals surface area contributed by atoms with Crippen LogP contribution in [0.5, 0.6) is 0 Å². The molecule has 1 atom stereocenters. The van der Waals surface area contributed by atoms with Crippen LogP contribution in [0.2, 0.25) is 5.02 Å². The summed E-state index contributed by atoms with van der Waals surface area (Å²) in [5.41, 5.74) is 2.19. The minimum absolute atomic E-state index is 0.190. The molecular weight excluding hydrogens is 304 g/mol. The molecule has 0 N–H and O–H groups in total. The van der Waals surface area contributed by atoms with Gasteiger partial charge in [0.2, 0.25) is 0 Å². The van der Waals surface area contributed by atoms with Gasteiger partial charge in [-0.2, -0.15) is 11.8 Å². The molecule has 0 saturated carbocycles. The second kappa shape index (κ2) is 8.11. The van der Waals surface area contributed by atoms with Crippen molar-refractivity contribution in [1.82, 2.24) is 0 Å². The summed E-state index contributed by atoms with van der Waals surface area (Å²) in [5.74, 6) is 1.12. The number of rotatable bonds is 6. The van der Waals surface area contributed by atoms with Gasteiger partial charge in [-0.3, -0.25) is 4.79 Å². The zero-order chi connectivity index (χ0) is 15.1. The minimum atomic E-state index is -0.228. The van der Waals surface area contributed by atoms with Gasteiger partial charge in [0.05, 0.1) is 13.0 Å². The number of thioether (sulfide) groups is 1. The predicted molar refractivity (Wildman–Crippen MR) is 88.8 cm³/mol. The van der Waals surface area contributed by atoms with Gasteiger partial charge in [-0.05, 0) is 23.3 Å². The lowest BCUT2D eigenvalue weighted by molar-refractivity contribution is -0.141. The van der Waals surface area contributed by atoms with Gasteiger partial charge in [0.15, 0.2) is 0 Å². The van der Waals surface area contributed by atoms with Gasteiger partial charge in [-0.25, -0.2) is 0 Å². The minimum Gasteiger partial charge on any atom is -0.469 e. The van der Waals surface area contributed by atoms with E-state index in [4.69, 9.17) is 16.3 Å². The largest absolute Gasteiger partial charge is 0.469 e. The van der Waals surface area contributed by atoms with E-state index in [0.717, 1.165) is 16.3 Å². The van der Waals surface area contributed by atoms with Crippen molar-refractivity contribution < 1.29 is 9.53 Å². The van der Waals surface area contributed by atoms with E-state index < -0.39 is 0 Å². The molecule has 0 heterocycles. The van der Waals surface area contributed by atoms with Crippen molar-refractivity contribution in [3.63, 3.8) is 0 Å². The van der Waals surface area contributed by atoms with E-state index in [9.17, 15) is 4.79 Å². The lowest BCUT2D eigenvalue weighted by atomic mass is 10.0. The maximum Gasteiger partial charge on any atom is 0.313 e. The van der Waals surface area contributed by atoms with Crippen molar-refractivity contribution in [2.45, 2.75) is 11.7 Å². The third-order valence-corrected chi connectivity index (χ3v) is 4.51. The van der Waals surface area contributed by atoms with Crippen molar-refractivity contribution in [3.05, 3.63) is 70.7 Å². The van der Waals surface area contributed by atoms with Gasteiger partial charge >= 0.3 is 5.97 Å². The summed E-state index contributed by atoms with van der Waals surface area (Å²) < 4.78 is 4.92. The molecule has 0 spiro atoms. The van der Waals surface area contributed by atoms with E-state index in [-0.39, 0.29) is 11.9 Å². The summed E-state index contributed by atoms with van der Waals surface area (Å²) in [5, 5.41) is 0.737. The molecule has 4 heteroatoms. The Morgan fingerprint density at radius 1 is 1.14 bits per heavy atom. The number of ether oxygens (including phenoxy) is 1. The number of carbonyl (C=O) groups is 1. The first-order valence-electron chi connectivity index (χ1n) is 6.65. The molecule has 1 unspecified atom stereocenters. The molecule has 0 aliphatic carbocycles. The summed E-state index contributed by atoms with van der Waals surface area (Å²) in [4.78, 5) is 11.9. The fraction of sp³-hybridized carbons (Fsp3) is 0.235. The molecule has 21 heavy (non-hydrogen) atoms. The van der Waals surface area contributed by atoms with Gasteiger partial charge in [-0.1, -0.05) is 54.1 Å². The Morgan fingerprint density at radius 3 is 2.43 bits per heavy atom. The summed E-state index contributed by atoms with van der Waals surface area (Å²) >= 11 is 7.58. The monoisotopic (exact) mass is 320 g/mol. The predicted octanol–water partition coefficient (Wildman–Crippen LogP) is 4.53. The third kappa shape index (κ3) is 4.80. The van der Waals surface area contributed by atoms with Crippen molar-refractivity contribution in [2.75, 3.05) is 12.9 Å². The van der Waals surface area contributed by atoms with Crippen LogP contribution in [0.1, 0.15) is 17.0 Å². The summed E-state index contributed by atoms with van der Waals surface area (Å²) in [6.45, 7) is 0. The highest BCUT2D eigenvalue weighted by molar-refractivity contribution is 7.98. The average Bonchev–Trinajstić information content (AvgIpc) is 2.53. The Morgan fingerprint density at radius 2 is 1.81 bits per heavy atom. The van der Waals surface area contributed by atoms with Gasteiger partial charge in [0.1, 0.15) is 0 Å². The molecule has 2 aromatic rings. The number of halogens is 1. The molecule has 2 aromatic carbocycles. The normalized spacial score (nSPS) is 11.9. The number of hydrogen-bond donors (Lipinski definition) is 0. The Balaban J connectivity index is 1.96. The van der Waals surface area contributed by atoms with E-state index in [0.29, 0.717) is 5.75 Å². The molecular formula is C17H17ClO2S. The Kier molecular flexibility index (Phi) is 6.15. The summed E-state index contributed by atoms with van der Waals surface area (Å²) in [6.07, 6.45) is 0. The van der Waals surface area contributed by atoms with Crippen LogP contribution >= 0.6 is 23.4 Å². The summed E-state index contributed by atoms with van der Waals surface area (Å²) in [7, 11) is 1.43. The van der Waals surface area contributed by atoms with E-state index in [1.807, 2.05) is 54.6 Å². The fourth-order valence-corrected chi connectivity index (χ4v) is 3.24. The highest BCUT2D eigenvalue weighted by atomic mass is 35.5. The number of methoxy groups -OCH3 is 1. The van der Waals surface area contributed by atoms with E-state index in [1.165, 1.54) is 12.7 Å². The van der Waals surface area contributed by atoms with Gasteiger partial charge in [-0.15, -0.1) is 0 Å². The smallest absolute Gasteiger partial charge is 0.313 e. The number of hydrogen-bond acceptors (Lipinski definition) is 3. The lowest BCUT2D eigenvalue weighted by Gasteiger charge is -2.14. The van der Waals surface area contributed by atoms with Crippen molar-refractivity contribution in [2.24, 2.45) is 0 Å². The first-order chi connectivity index (χ1) is 10.2. The topological polar surface area (TPSA) is 26.3 Å². The van der Waals surface area contributed by atoms with Gasteiger partial charge in [0, 0.05) is 16.5 Å².